The smallest absolute Gasteiger partial charge is 0.222 e. The summed E-state index contributed by atoms with van der Waals surface area (Å²) in [5.74, 6) is 0.509. The maximum atomic E-state index is 11.8. The van der Waals surface area contributed by atoms with Crippen molar-refractivity contribution in [1.82, 2.24) is 5.32 Å². The zero-order valence-corrected chi connectivity index (χ0v) is 10.3. The van der Waals surface area contributed by atoms with E-state index in [1.54, 1.807) is 0 Å². The van der Waals surface area contributed by atoms with Crippen LogP contribution >= 0.6 is 0 Å². The molecule has 16 heavy (non-hydrogen) atoms. The average Bonchev–Trinajstić information content (AvgIpc) is 3.09. The quantitative estimate of drug-likeness (QED) is 0.603. The molecule has 0 saturated heterocycles. The lowest BCUT2D eigenvalue weighted by Gasteiger charge is -2.31. The van der Waals surface area contributed by atoms with Crippen LogP contribution in [-0.4, -0.2) is 29.2 Å². The molecule has 1 amide bonds. The molecule has 4 heteroatoms. The van der Waals surface area contributed by atoms with E-state index in [1.807, 2.05) is 13.8 Å². The lowest BCUT2D eigenvalue weighted by atomic mass is 9.93. The molecule has 0 heterocycles. The van der Waals surface area contributed by atoms with E-state index < -0.39 is 5.54 Å². The Morgan fingerprint density at radius 3 is 2.44 bits per heavy atom. The molecule has 0 bridgehead atoms. The second-order valence-electron chi connectivity index (χ2n) is 4.90. The first-order valence-electron chi connectivity index (χ1n) is 6.24. The third-order valence-corrected chi connectivity index (χ3v) is 3.71. The van der Waals surface area contributed by atoms with Crippen molar-refractivity contribution in [2.75, 3.05) is 6.61 Å². The minimum absolute atomic E-state index is 0.00916. The van der Waals surface area contributed by atoms with Crippen molar-refractivity contribution in [3.63, 3.8) is 0 Å². The summed E-state index contributed by atoms with van der Waals surface area (Å²) in [4.78, 5) is 11.8. The van der Waals surface area contributed by atoms with Gasteiger partial charge in [-0.05, 0) is 31.6 Å². The fourth-order valence-electron chi connectivity index (χ4n) is 1.94. The van der Waals surface area contributed by atoms with Gasteiger partial charge in [-0.1, -0.05) is 13.8 Å². The van der Waals surface area contributed by atoms with Crippen molar-refractivity contribution in [3.05, 3.63) is 0 Å². The predicted octanol–water partition coefficient (Wildman–Crippen LogP) is 0.781. The van der Waals surface area contributed by atoms with Crippen LogP contribution in [-0.2, 0) is 4.79 Å². The van der Waals surface area contributed by atoms with Crippen LogP contribution in [0.1, 0.15) is 46.0 Å². The van der Waals surface area contributed by atoms with Crippen LogP contribution in [0.25, 0.3) is 0 Å². The number of carbonyl (C=O) groups is 1. The summed E-state index contributed by atoms with van der Waals surface area (Å²) in [6.45, 7) is 3.94. The number of aliphatic hydroxyl groups excluding tert-OH is 1. The van der Waals surface area contributed by atoms with Gasteiger partial charge in [0.25, 0.3) is 0 Å². The van der Waals surface area contributed by atoms with Crippen molar-refractivity contribution < 1.29 is 9.90 Å². The van der Waals surface area contributed by atoms with Gasteiger partial charge in [0.1, 0.15) is 0 Å². The zero-order chi connectivity index (χ0) is 12.2. The number of rotatable bonds is 7. The Kier molecular flexibility index (Phi) is 4.74. The molecular weight excluding hydrogens is 204 g/mol. The summed E-state index contributed by atoms with van der Waals surface area (Å²) in [7, 11) is 0. The molecule has 4 nitrogen and oxygen atoms in total. The standard InChI is InChI=1S/C12H24N2O2/c1-3-12(4-2,8-15)14-11(16)7-10(13)9-5-6-9/h9-10,15H,3-8,13H2,1-2H3,(H,14,16). The minimum Gasteiger partial charge on any atom is -0.394 e. The van der Waals surface area contributed by atoms with Crippen LogP contribution in [0.5, 0.6) is 0 Å². The largest absolute Gasteiger partial charge is 0.394 e. The van der Waals surface area contributed by atoms with Gasteiger partial charge < -0.3 is 16.2 Å². The van der Waals surface area contributed by atoms with Crippen molar-refractivity contribution in [3.8, 4) is 0 Å². The molecule has 1 rings (SSSR count). The molecule has 0 spiro atoms. The molecule has 1 saturated carbocycles. The van der Waals surface area contributed by atoms with Gasteiger partial charge in [0, 0.05) is 12.5 Å². The van der Waals surface area contributed by atoms with Gasteiger partial charge in [-0.15, -0.1) is 0 Å². The van der Waals surface area contributed by atoms with E-state index in [4.69, 9.17) is 5.73 Å². The Bertz CT molecular complexity index is 227. The maximum Gasteiger partial charge on any atom is 0.222 e. The zero-order valence-electron chi connectivity index (χ0n) is 10.3. The maximum absolute atomic E-state index is 11.8. The summed E-state index contributed by atoms with van der Waals surface area (Å²) in [5, 5.41) is 12.3. The summed E-state index contributed by atoms with van der Waals surface area (Å²) in [5.41, 5.74) is 5.44. The fourth-order valence-corrected chi connectivity index (χ4v) is 1.94. The summed E-state index contributed by atoms with van der Waals surface area (Å²) in [6.07, 6.45) is 4.17. The molecule has 4 N–H and O–H groups in total. The Morgan fingerprint density at radius 2 is 2.06 bits per heavy atom. The molecule has 1 aliphatic rings. The Balaban J connectivity index is 2.41. The molecule has 0 aromatic heterocycles. The number of hydrogen-bond donors (Lipinski definition) is 3. The van der Waals surface area contributed by atoms with Gasteiger partial charge in [-0.25, -0.2) is 0 Å². The predicted molar refractivity (Wildman–Crippen MR) is 63.9 cm³/mol. The van der Waals surface area contributed by atoms with Gasteiger partial charge >= 0.3 is 0 Å². The van der Waals surface area contributed by atoms with Crippen molar-refractivity contribution >= 4 is 5.91 Å². The Hall–Kier alpha value is -0.610. The van der Waals surface area contributed by atoms with E-state index in [9.17, 15) is 9.90 Å². The number of hydrogen-bond acceptors (Lipinski definition) is 3. The van der Waals surface area contributed by atoms with Crippen LogP contribution < -0.4 is 11.1 Å². The number of nitrogens with one attached hydrogen (secondary N) is 1. The summed E-state index contributed by atoms with van der Waals surface area (Å²) in [6, 6.07) is -0.00916. The number of amides is 1. The SMILES string of the molecule is CCC(CC)(CO)NC(=O)CC(N)C1CC1. The van der Waals surface area contributed by atoms with E-state index in [1.165, 1.54) is 0 Å². The Labute approximate surface area is 97.6 Å². The molecule has 1 unspecified atom stereocenters. The third-order valence-electron chi connectivity index (χ3n) is 3.71. The van der Waals surface area contributed by atoms with Gasteiger partial charge in [0.15, 0.2) is 0 Å². The Morgan fingerprint density at radius 1 is 1.50 bits per heavy atom. The monoisotopic (exact) mass is 228 g/mol. The van der Waals surface area contributed by atoms with E-state index in [0.717, 1.165) is 25.7 Å². The molecule has 0 aromatic carbocycles. The number of carbonyl (C=O) groups excluding carboxylic acids is 1. The van der Waals surface area contributed by atoms with Crippen LogP contribution in [0.4, 0.5) is 0 Å². The average molecular weight is 228 g/mol. The second kappa shape index (κ2) is 5.64. The van der Waals surface area contributed by atoms with Gasteiger partial charge in [-0.2, -0.15) is 0 Å². The highest BCUT2D eigenvalue weighted by atomic mass is 16.3. The topological polar surface area (TPSA) is 75.3 Å². The van der Waals surface area contributed by atoms with Crippen LogP contribution in [0.3, 0.4) is 0 Å². The van der Waals surface area contributed by atoms with Gasteiger partial charge in [0.2, 0.25) is 5.91 Å². The van der Waals surface area contributed by atoms with E-state index in [0.29, 0.717) is 12.3 Å². The molecule has 0 radical (unpaired) electrons. The van der Waals surface area contributed by atoms with Crippen LogP contribution in [0.2, 0.25) is 0 Å². The molecule has 0 aliphatic heterocycles. The first kappa shape index (κ1) is 13.5. The van der Waals surface area contributed by atoms with E-state index in [2.05, 4.69) is 5.32 Å². The molecule has 1 atom stereocenters. The van der Waals surface area contributed by atoms with E-state index in [-0.39, 0.29) is 18.6 Å². The minimum atomic E-state index is -0.458. The van der Waals surface area contributed by atoms with Crippen molar-refractivity contribution in [2.45, 2.75) is 57.5 Å². The molecule has 1 aliphatic carbocycles. The second-order valence-corrected chi connectivity index (χ2v) is 4.90. The molecule has 94 valence electrons. The number of nitrogens with two attached hydrogens (primary N) is 1. The van der Waals surface area contributed by atoms with Crippen molar-refractivity contribution in [2.24, 2.45) is 11.7 Å². The lowest BCUT2D eigenvalue weighted by molar-refractivity contribution is -0.124. The summed E-state index contributed by atoms with van der Waals surface area (Å²) < 4.78 is 0. The summed E-state index contributed by atoms with van der Waals surface area (Å²) >= 11 is 0. The highest BCUT2D eigenvalue weighted by molar-refractivity contribution is 5.77. The van der Waals surface area contributed by atoms with Gasteiger partial charge in [-0.3, -0.25) is 4.79 Å². The molecule has 1 fully saturated rings. The van der Waals surface area contributed by atoms with Crippen molar-refractivity contribution in [1.29, 1.82) is 0 Å². The lowest BCUT2D eigenvalue weighted by Crippen LogP contribution is -2.51. The number of aliphatic hydroxyl groups is 1. The van der Waals surface area contributed by atoms with Crippen LogP contribution in [0.15, 0.2) is 0 Å². The first-order valence-corrected chi connectivity index (χ1v) is 6.24. The highest BCUT2D eigenvalue weighted by Gasteiger charge is 2.32. The first-order chi connectivity index (χ1) is 7.56. The fraction of sp³-hybridized carbons (Fsp3) is 0.917. The van der Waals surface area contributed by atoms with Gasteiger partial charge in [0.05, 0.1) is 12.1 Å². The molecule has 0 aromatic rings. The molecular formula is C12H24N2O2. The van der Waals surface area contributed by atoms with Crippen LogP contribution in [0, 0.1) is 5.92 Å². The highest BCUT2D eigenvalue weighted by Crippen LogP contribution is 2.32. The van der Waals surface area contributed by atoms with E-state index >= 15 is 0 Å². The third kappa shape index (κ3) is 3.46. The normalized spacial score (nSPS) is 18.2.